The number of amides is 1. The van der Waals surface area contributed by atoms with Gasteiger partial charge in [0.25, 0.3) is 5.91 Å². The SMILES string of the molecule is O=C(NCc1ncc[nH]1)c1c(O)cccc1Cl. The van der Waals surface area contributed by atoms with Gasteiger partial charge in [0.1, 0.15) is 11.6 Å². The van der Waals surface area contributed by atoms with Crippen molar-refractivity contribution in [2.24, 2.45) is 0 Å². The van der Waals surface area contributed by atoms with Crippen molar-refractivity contribution in [1.82, 2.24) is 15.3 Å². The molecule has 1 aromatic carbocycles. The number of carbonyl (C=O) groups excluding carboxylic acids is 1. The van der Waals surface area contributed by atoms with Crippen molar-refractivity contribution in [3.8, 4) is 5.75 Å². The molecule has 88 valence electrons. The molecule has 2 rings (SSSR count). The number of aromatic nitrogens is 2. The molecule has 0 bridgehead atoms. The monoisotopic (exact) mass is 251 g/mol. The summed E-state index contributed by atoms with van der Waals surface area (Å²) in [6.07, 6.45) is 3.25. The minimum Gasteiger partial charge on any atom is -0.507 e. The maximum atomic E-state index is 11.8. The average molecular weight is 252 g/mol. The number of rotatable bonds is 3. The maximum Gasteiger partial charge on any atom is 0.256 e. The van der Waals surface area contributed by atoms with E-state index in [4.69, 9.17) is 11.6 Å². The molecule has 17 heavy (non-hydrogen) atoms. The highest BCUT2D eigenvalue weighted by atomic mass is 35.5. The molecule has 5 nitrogen and oxygen atoms in total. The number of H-pyrrole nitrogens is 1. The molecule has 6 heteroatoms. The second-order valence-corrected chi connectivity index (χ2v) is 3.76. The van der Waals surface area contributed by atoms with Gasteiger partial charge in [-0.3, -0.25) is 4.79 Å². The van der Waals surface area contributed by atoms with Gasteiger partial charge in [0.15, 0.2) is 0 Å². The van der Waals surface area contributed by atoms with Crippen molar-refractivity contribution < 1.29 is 9.90 Å². The van der Waals surface area contributed by atoms with E-state index >= 15 is 0 Å². The fraction of sp³-hybridized carbons (Fsp3) is 0.0909. The molecule has 1 amide bonds. The topological polar surface area (TPSA) is 78.0 Å². The van der Waals surface area contributed by atoms with E-state index in [1.54, 1.807) is 24.5 Å². The summed E-state index contributed by atoms with van der Waals surface area (Å²) in [5.41, 5.74) is 0.0701. The Morgan fingerprint density at radius 1 is 1.53 bits per heavy atom. The number of hydrogen-bond donors (Lipinski definition) is 3. The van der Waals surface area contributed by atoms with E-state index in [9.17, 15) is 9.90 Å². The van der Waals surface area contributed by atoms with Gasteiger partial charge in [0, 0.05) is 12.4 Å². The molecule has 3 N–H and O–H groups in total. The molecule has 0 aliphatic carbocycles. The van der Waals surface area contributed by atoms with Crippen molar-refractivity contribution in [2.45, 2.75) is 6.54 Å². The molecular formula is C11H10ClN3O2. The smallest absolute Gasteiger partial charge is 0.256 e. The normalized spacial score (nSPS) is 10.2. The molecule has 0 saturated heterocycles. The summed E-state index contributed by atoms with van der Waals surface area (Å²) >= 11 is 5.84. The van der Waals surface area contributed by atoms with E-state index in [1.165, 1.54) is 6.07 Å². The molecule has 0 saturated carbocycles. The third kappa shape index (κ3) is 2.57. The van der Waals surface area contributed by atoms with Crippen LogP contribution in [-0.2, 0) is 6.54 Å². The summed E-state index contributed by atoms with van der Waals surface area (Å²) in [5.74, 6) is 0.0452. The largest absolute Gasteiger partial charge is 0.507 e. The van der Waals surface area contributed by atoms with Gasteiger partial charge in [-0.25, -0.2) is 4.98 Å². The van der Waals surface area contributed by atoms with E-state index in [-0.39, 0.29) is 22.9 Å². The quantitative estimate of drug-likeness (QED) is 0.777. The van der Waals surface area contributed by atoms with Crippen LogP contribution in [0.5, 0.6) is 5.75 Å². The summed E-state index contributed by atoms with van der Waals surface area (Å²) in [7, 11) is 0. The summed E-state index contributed by atoms with van der Waals surface area (Å²) < 4.78 is 0. The Morgan fingerprint density at radius 2 is 2.35 bits per heavy atom. The van der Waals surface area contributed by atoms with Crippen LogP contribution in [0.1, 0.15) is 16.2 Å². The van der Waals surface area contributed by atoms with Crippen molar-refractivity contribution >= 4 is 17.5 Å². The summed E-state index contributed by atoms with van der Waals surface area (Å²) in [5, 5.41) is 12.4. The molecule has 2 aromatic rings. The zero-order valence-electron chi connectivity index (χ0n) is 8.77. The molecular weight excluding hydrogens is 242 g/mol. The number of hydrogen-bond acceptors (Lipinski definition) is 3. The highest BCUT2D eigenvalue weighted by Crippen LogP contribution is 2.24. The van der Waals surface area contributed by atoms with Gasteiger partial charge >= 0.3 is 0 Å². The maximum absolute atomic E-state index is 11.8. The average Bonchev–Trinajstić information content (AvgIpc) is 2.79. The lowest BCUT2D eigenvalue weighted by Crippen LogP contribution is -2.23. The van der Waals surface area contributed by atoms with Gasteiger partial charge in [-0.15, -0.1) is 0 Å². The van der Waals surface area contributed by atoms with E-state index in [0.29, 0.717) is 5.82 Å². The Hall–Kier alpha value is -2.01. The van der Waals surface area contributed by atoms with Crippen molar-refractivity contribution in [2.75, 3.05) is 0 Å². The van der Waals surface area contributed by atoms with Gasteiger partial charge in [-0.2, -0.15) is 0 Å². The van der Waals surface area contributed by atoms with Crippen LogP contribution in [0, 0.1) is 0 Å². The first kappa shape index (κ1) is 11.5. The van der Waals surface area contributed by atoms with Gasteiger partial charge in [0.2, 0.25) is 0 Å². The first-order chi connectivity index (χ1) is 8.18. The Labute approximate surface area is 102 Å². The first-order valence-electron chi connectivity index (χ1n) is 4.92. The lowest BCUT2D eigenvalue weighted by Gasteiger charge is -2.07. The Bertz CT molecular complexity index is 505. The minimum absolute atomic E-state index is 0.0701. The number of carbonyl (C=O) groups is 1. The number of aromatic hydroxyl groups is 1. The Kier molecular flexibility index (Phi) is 3.30. The number of phenols is 1. The van der Waals surface area contributed by atoms with Gasteiger partial charge in [-0.1, -0.05) is 17.7 Å². The molecule has 0 fully saturated rings. The van der Waals surface area contributed by atoms with Crippen molar-refractivity contribution in [1.29, 1.82) is 0 Å². The highest BCUT2D eigenvalue weighted by Gasteiger charge is 2.14. The fourth-order valence-corrected chi connectivity index (χ4v) is 1.64. The van der Waals surface area contributed by atoms with E-state index < -0.39 is 5.91 Å². The predicted molar refractivity (Wildman–Crippen MR) is 62.9 cm³/mol. The zero-order chi connectivity index (χ0) is 12.3. The van der Waals surface area contributed by atoms with Crippen LogP contribution in [0.3, 0.4) is 0 Å². The van der Waals surface area contributed by atoms with Gasteiger partial charge < -0.3 is 15.4 Å². The number of nitrogens with zero attached hydrogens (tertiary/aromatic N) is 1. The molecule has 0 atom stereocenters. The van der Waals surface area contributed by atoms with Crippen LogP contribution in [0.15, 0.2) is 30.6 Å². The Balaban J connectivity index is 2.10. The molecule has 0 unspecified atom stereocenters. The van der Waals surface area contributed by atoms with Crippen LogP contribution >= 0.6 is 11.6 Å². The van der Waals surface area contributed by atoms with Crippen molar-refractivity contribution in [3.05, 3.63) is 47.0 Å². The zero-order valence-corrected chi connectivity index (χ0v) is 9.53. The number of nitrogens with one attached hydrogen (secondary N) is 2. The molecule has 1 heterocycles. The summed E-state index contributed by atoms with van der Waals surface area (Å²) in [6.45, 7) is 0.247. The molecule has 0 aliphatic rings. The molecule has 0 spiro atoms. The highest BCUT2D eigenvalue weighted by molar-refractivity contribution is 6.34. The summed E-state index contributed by atoms with van der Waals surface area (Å²) in [4.78, 5) is 18.6. The molecule has 0 radical (unpaired) electrons. The molecule has 0 aliphatic heterocycles. The Morgan fingerprint density at radius 3 is 3.00 bits per heavy atom. The third-order valence-corrected chi connectivity index (χ3v) is 2.50. The summed E-state index contributed by atoms with van der Waals surface area (Å²) in [6, 6.07) is 4.53. The van der Waals surface area contributed by atoms with Crippen LogP contribution in [-0.4, -0.2) is 21.0 Å². The van der Waals surface area contributed by atoms with Crippen LogP contribution in [0.25, 0.3) is 0 Å². The molecule has 1 aromatic heterocycles. The van der Waals surface area contributed by atoms with Gasteiger partial charge in [-0.05, 0) is 12.1 Å². The second-order valence-electron chi connectivity index (χ2n) is 3.35. The number of benzene rings is 1. The van der Waals surface area contributed by atoms with E-state index in [2.05, 4.69) is 15.3 Å². The van der Waals surface area contributed by atoms with Crippen LogP contribution in [0.2, 0.25) is 5.02 Å². The number of imidazole rings is 1. The van der Waals surface area contributed by atoms with E-state index in [0.717, 1.165) is 0 Å². The third-order valence-electron chi connectivity index (χ3n) is 2.19. The fourth-order valence-electron chi connectivity index (χ4n) is 1.38. The standard InChI is InChI=1S/C11H10ClN3O2/c12-7-2-1-3-8(16)10(7)11(17)15-6-9-13-4-5-14-9/h1-5,16H,6H2,(H,13,14)(H,15,17). The van der Waals surface area contributed by atoms with Crippen LogP contribution < -0.4 is 5.32 Å². The minimum atomic E-state index is -0.440. The van der Waals surface area contributed by atoms with Gasteiger partial charge in [0.05, 0.1) is 17.1 Å². The van der Waals surface area contributed by atoms with Crippen molar-refractivity contribution in [3.63, 3.8) is 0 Å². The lowest BCUT2D eigenvalue weighted by molar-refractivity contribution is 0.0947. The number of halogens is 1. The second kappa shape index (κ2) is 4.88. The predicted octanol–water partition coefficient (Wildman–Crippen LogP) is 1.70. The van der Waals surface area contributed by atoms with Crippen LogP contribution in [0.4, 0.5) is 0 Å². The lowest BCUT2D eigenvalue weighted by atomic mass is 10.2. The van der Waals surface area contributed by atoms with E-state index in [1.807, 2.05) is 0 Å². The first-order valence-corrected chi connectivity index (χ1v) is 5.30. The number of phenolic OH excluding ortho intramolecular Hbond substituents is 1. The number of aromatic amines is 1.